The Kier molecular flexibility index (Phi) is 4.49. The minimum absolute atomic E-state index is 0.0800. The van der Waals surface area contributed by atoms with Crippen LogP contribution in [0.2, 0.25) is 0 Å². The molecule has 1 saturated carbocycles. The van der Waals surface area contributed by atoms with E-state index < -0.39 is 6.16 Å². The molecule has 0 spiro atoms. The summed E-state index contributed by atoms with van der Waals surface area (Å²) in [6.07, 6.45) is 3.88. The quantitative estimate of drug-likeness (QED) is 0.670. The van der Waals surface area contributed by atoms with E-state index in [0.29, 0.717) is 18.3 Å². The minimum Gasteiger partial charge on any atom is -0.504 e. The fraction of sp³-hybridized carbons (Fsp3) is 0.500. The first kappa shape index (κ1) is 13.5. The van der Waals surface area contributed by atoms with Crippen molar-refractivity contribution in [2.75, 3.05) is 13.7 Å². The Bertz CT molecular complexity index is 437. The Hall–Kier alpha value is -1.91. The zero-order chi connectivity index (χ0) is 13.7. The van der Waals surface area contributed by atoms with Crippen LogP contribution in [0.25, 0.3) is 0 Å². The lowest BCUT2D eigenvalue weighted by atomic mass is 10.1. The number of hydrogen-bond acceptors (Lipinski definition) is 5. The van der Waals surface area contributed by atoms with E-state index in [1.807, 2.05) is 0 Å². The topological polar surface area (TPSA) is 65.0 Å². The molecule has 0 aromatic heterocycles. The van der Waals surface area contributed by atoms with Crippen molar-refractivity contribution in [3.05, 3.63) is 18.2 Å². The first-order chi connectivity index (χ1) is 9.19. The van der Waals surface area contributed by atoms with Crippen molar-refractivity contribution in [1.82, 2.24) is 0 Å². The highest BCUT2D eigenvalue weighted by Crippen LogP contribution is 2.30. The zero-order valence-electron chi connectivity index (χ0n) is 10.9. The van der Waals surface area contributed by atoms with Gasteiger partial charge in [0.25, 0.3) is 0 Å². The molecule has 0 bridgehead atoms. The molecule has 5 heteroatoms. The van der Waals surface area contributed by atoms with Gasteiger partial charge in [-0.3, -0.25) is 0 Å². The van der Waals surface area contributed by atoms with Gasteiger partial charge < -0.3 is 19.3 Å². The Balaban J connectivity index is 1.82. The highest BCUT2D eigenvalue weighted by molar-refractivity contribution is 5.64. The molecule has 1 aromatic rings. The molecule has 1 aromatic carbocycles. The second kappa shape index (κ2) is 6.31. The summed E-state index contributed by atoms with van der Waals surface area (Å²) in [6.45, 7) is 0.404. The first-order valence-corrected chi connectivity index (χ1v) is 6.40. The fourth-order valence-electron chi connectivity index (χ4n) is 2.22. The van der Waals surface area contributed by atoms with Gasteiger partial charge in [-0.25, -0.2) is 4.79 Å². The first-order valence-electron chi connectivity index (χ1n) is 6.40. The van der Waals surface area contributed by atoms with E-state index in [0.717, 1.165) is 12.8 Å². The maximum absolute atomic E-state index is 11.5. The molecular formula is C14H18O5. The SMILES string of the molecule is COc1ccc(OC(=O)OCC2CCCC2)cc1O. The maximum Gasteiger partial charge on any atom is 0.513 e. The van der Waals surface area contributed by atoms with Crippen molar-refractivity contribution in [3.8, 4) is 17.2 Å². The Morgan fingerprint density at radius 3 is 2.74 bits per heavy atom. The van der Waals surface area contributed by atoms with Crippen molar-refractivity contribution in [1.29, 1.82) is 0 Å². The third kappa shape index (κ3) is 3.77. The molecule has 1 aliphatic rings. The molecule has 19 heavy (non-hydrogen) atoms. The number of hydrogen-bond donors (Lipinski definition) is 1. The van der Waals surface area contributed by atoms with E-state index in [-0.39, 0.29) is 11.5 Å². The maximum atomic E-state index is 11.5. The summed E-state index contributed by atoms with van der Waals surface area (Å²) in [5, 5.41) is 9.55. The second-order valence-corrected chi connectivity index (χ2v) is 4.65. The van der Waals surface area contributed by atoms with Crippen LogP contribution in [-0.2, 0) is 4.74 Å². The molecule has 0 atom stereocenters. The van der Waals surface area contributed by atoms with Gasteiger partial charge in [-0.15, -0.1) is 0 Å². The second-order valence-electron chi connectivity index (χ2n) is 4.65. The number of phenols is 1. The predicted molar refractivity (Wildman–Crippen MR) is 68.6 cm³/mol. The summed E-state index contributed by atoms with van der Waals surface area (Å²) in [7, 11) is 1.45. The molecule has 0 heterocycles. The third-order valence-electron chi connectivity index (χ3n) is 3.26. The number of rotatable bonds is 4. The van der Waals surface area contributed by atoms with Crippen molar-refractivity contribution >= 4 is 6.16 Å². The van der Waals surface area contributed by atoms with Gasteiger partial charge in [0.05, 0.1) is 13.7 Å². The Morgan fingerprint density at radius 2 is 2.11 bits per heavy atom. The summed E-state index contributed by atoms with van der Waals surface area (Å²) in [4.78, 5) is 11.5. The van der Waals surface area contributed by atoms with Crippen molar-refractivity contribution in [2.24, 2.45) is 5.92 Å². The van der Waals surface area contributed by atoms with Crippen molar-refractivity contribution in [3.63, 3.8) is 0 Å². The van der Waals surface area contributed by atoms with Gasteiger partial charge >= 0.3 is 6.16 Å². The molecule has 1 fully saturated rings. The summed E-state index contributed by atoms with van der Waals surface area (Å²) in [6, 6.07) is 4.37. The van der Waals surface area contributed by atoms with Crippen LogP contribution in [0.1, 0.15) is 25.7 Å². The smallest absolute Gasteiger partial charge is 0.504 e. The largest absolute Gasteiger partial charge is 0.513 e. The third-order valence-corrected chi connectivity index (χ3v) is 3.26. The zero-order valence-corrected chi connectivity index (χ0v) is 10.9. The molecule has 0 aliphatic heterocycles. The van der Waals surface area contributed by atoms with Crippen LogP contribution in [0, 0.1) is 5.92 Å². The van der Waals surface area contributed by atoms with Gasteiger partial charge in [0.1, 0.15) is 5.75 Å². The van der Waals surface area contributed by atoms with E-state index in [9.17, 15) is 9.90 Å². The molecular weight excluding hydrogens is 248 g/mol. The number of phenolic OH excluding ortho intramolecular Hbond substituents is 1. The van der Waals surface area contributed by atoms with Crippen molar-refractivity contribution in [2.45, 2.75) is 25.7 Å². The number of carbonyl (C=O) groups is 1. The summed E-state index contributed by atoms with van der Waals surface area (Å²) in [5.41, 5.74) is 0. The summed E-state index contributed by atoms with van der Waals surface area (Å²) < 4.78 is 14.9. The molecule has 5 nitrogen and oxygen atoms in total. The van der Waals surface area contributed by atoms with E-state index in [4.69, 9.17) is 14.2 Å². The number of aromatic hydroxyl groups is 1. The lowest BCUT2D eigenvalue weighted by Crippen LogP contribution is -2.15. The molecule has 104 valence electrons. The van der Waals surface area contributed by atoms with Crippen LogP contribution < -0.4 is 9.47 Å². The Labute approximate surface area is 112 Å². The number of ether oxygens (including phenoxy) is 3. The Morgan fingerprint density at radius 1 is 1.37 bits per heavy atom. The van der Waals surface area contributed by atoms with Crippen molar-refractivity contribution < 1.29 is 24.1 Å². The van der Waals surface area contributed by atoms with Crippen LogP contribution in [0.15, 0.2) is 18.2 Å². The average molecular weight is 266 g/mol. The number of benzene rings is 1. The van der Waals surface area contributed by atoms with E-state index in [1.54, 1.807) is 0 Å². The lowest BCUT2D eigenvalue weighted by molar-refractivity contribution is 0.0846. The van der Waals surface area contributed by atoms with Crippen LogP contribution in [0.4, 0.5) is 4.79 Å². The lowest BCUT2D eigenvalue weighted by Gasteiger charge is -2.10. The molecule has 1 aliphatic carbocycles. The molecule has 0 radical (unpaired) electrons. The van der Waals surface area contributed by atoms with Crippen LogP contribution in [-0.4, -0.2) is 25.0 Å². The van der Waals surface area contributed by atoms with Gasteiger partial charge in [-0.05, 0) is 30.9 Å². The van der Waals surface area contributed by atoms with E-state index in [1.165, 1.54) is 38.2 Å². The van der Waals surface area contributed by atoms with Gasteiger partial charge in [-0.2, -0.15) is 0 Å². The molecule has 2 rings (SSSR count). The van der Waals surface area contributed by atoms with E-state index >= 15 is 0 Å². The predicted octanol–water partition coefficient (Wildman–Crippen LogP) is 3.11. The fourth-order valence-corrected chi connectivity index (χ4v) is 2.22. The summed E-state index contributed by atoms with van der Waals surface area (Å²) in [5.74, 6) is 0.932. The van der Waals surface area contributed by atoms with Crippen LogP contribution in [0.5, 0.6) is 17.2 Å². The monoisotopic (exact) mass is 266 g/mol. The minimum atomic E-state index is -0.739. The number of methoxy groups -OCH3 is 1. The molecule has 0 saturated heterocycles. The van der Waals surface area contributed by atoms with Gasteiger partial charge in [-0.1, -0.05) is 12.8 Å². The van der Waals surface area contributed by atoms with Crippen LogP contribution >= 0.6 is 0 Å². The van der Waals surface area contributed by atoms with Gasteiger partial charge in [0, 0.05) is 6.07 Å². The molecule has 1 N–H and O–H groups in total. The standard InChI is InChI=1S/C14H18O5/c1-17-13-7-6-11(8-12(13)15)19-14(16)18-9-10-4-2-3-5-10/h6-8,10,15H,2-5,9H2,1H3. The highest BCUT2D eigenvalue weighted by Gasteiger charge is 2.17. The van der Waals surface area contributed by atoms with Gasteiger partial charge in [0.2, 0.25) is 0 Å². The normalized spacial score (nSPS) is 15.2. The highest BCUT2D eigenvalue weighted by atomic mass is 16.7. The van der Waals surface area contributed by atoms with Crippen LogP contribution in [0.3, 0.4) is 0 Å². The molecule has 0 unspecified atom stereocenters. The average Bonchev–Trinajstić information content (AvgIpc) is 2.90. The number of carbonyl (C=O) groups excluding carboxylic acids is 1. The van der Waals surface area contributed by atoms with E-state index in [2.05, 4.69) is 0 Å². The van der Waals surface area contributed by atoms with Gasteiger partial charge in [0.15, 0.2) is 11.5 Å². The molecule has 0 amide bonds. The summed E-state index contributed by atoms with van der Waals surface area (Å²) >= 11 is 0.